The Morgan fingerprint density at radius 2 is 1.97 bits per heavy atom. The first-order valence-electron chi connectivity index (χ1n) is 12.0. The van der Waals surface area contributed by atoms with E-state index in [-0.39, 0.29) is 11.3 Å². The van der Waals surface area contributed by atoms with Gasteiger partial charge >= 0.3 is 12.1 Å². The summed E-state index contributed by atoms with van der Waals surface area (Å²) in [6.45, 7) is 14.3. The van der Waals surface area contributed by atoms with Crippen LogP contribution in [0.4, 0.5) is 13.2 Å². The lowest BCUT2D eigenvalue weighted by molar-refractivity contribution is -0.174. The van der Waals surface area contributed by atoms with Crippen molar-refractivity contribution in [2.75, 3.05) is 26.2 Å². The summed E-state index contributed by atoms with van der Waals surface area (Å²) in [5, 5.41) is 17.0. The minimum Gasteiger partial charge on any atom is -0.477 e. The van der Waals surface area contributed by atoms with E-state index in [0.29, 0.717) is 37.5 Å². The molecule has 1 saturated heterocycles. The number of likely N-dealkylation sites (tertiary alicyclic amines) is 1. The molecule has 3 rings (SSSR count). The number of rotatable bonds is 5. The Morgan fingerprint density at radius 1 is 1.35 bits per heavy atom. The zero-order chi connectivity index (χ0) is 28.4. The molecule has 3 amide bonds. The molecule has 3 heterocycles. The van der Waals surface area contributed by atoms with Gasteiger partial charge in [0, 0.05) is 26.1 Å². The van der Waals surface area contributed by atoms with Gasteiger partial charge in [0.25, 0.3) is 0 Å². The molecule has 0 radical (unpaired) electrons. The second-order valence-electron chi connectivity index (χ2n) is 10.3. The van der Waals surface area contributed by atoms with E-state index < -0.39 is 30.6 Å². The molecule has 37 heavy (non-hydrogen) atoms. The molecule has 2 aliphatic heterocycles. The van der Waals surface area contributed by atoms with Crippen LogP contribution >= 0.6 is 0 Å². The van der Waals surface area contributed by atoms with Crippen LogP contribution in [0.2, 0.25) is 0 Å². The highest BCUT2D eigenvalue weighted by atomic mass is 19.4. The topological polar surface area (TPSA) is 129 Å². The van der Waals surface area contributed by atoms with Gasteiger partial charge in [-0.05, 0) is 17.3 Å². The molecular formula is C24H37F3N6O4. The largest absolute Gasteiger partial charge is 0.477 e. The fourth-order valence-electron chi connectivity index (χ4n) is 3.40. The molecular weight excluding hydrogens is 493 g/mol. The maximum atomic E-state index is 11.9. The summed E-state index contributed by atoms with van der Waals surface area (Å²) in [6.07, 6.45) is -1.98. The van der Waals surface area contributed by atoms with E-state index in [1.807, 2.05) is 26.8 Å². The number of fused-ring (bicyclic) bond motifs is 1. The normalized spacial score (nSPS) is 18.5. The van der Waals surface area contributed by atoms with Gasteiger partial charge in [0.2, 0.25) is 18.2 Å². The van der Waals surface area contributed by atoms with E-state index in [2.05, 4.69) is 31.2 Å². The van der Waals surface area contributed by atoms with Gasteiger partial charge in [0.1, 0.15) is 6.04 Å². The molecule has 1 fully saturated rings. The van der Waals surface area contributed by atoms with Crippen molar-refractivity contribution in [2.45, 2.75) is 66.7 Å². The number of amides is 3. The number of nitrogens with one attached hydrogen (secondary N) is 2. The quantitative estimate of drug-likeness (QED) is 0.564. The highest BCUT2D eigenvalue weighted by Crippen LogP contribution is 2.34. The minimum absolute atomic E-state index is 0.0519. The first-order chi connectivity index (χ1) is 17.1. The Labute approximate surface area is 215 Å². The monoisotopic (exact) mass is 530 g/mol. The summed E-state index contributed by atoms with van der Waals surface area (Å²) in [6, 6.07) is 1.29. The number of aryl methyl sites for hydroxylation is 1. The molecule has 1 unspecified atom stereocenters. The fourth-order valence-corrected chi connectivity index (χ4v) is 3.40. The average Bonchev–Trinajstić information content (AvgIpc) is 3.35. The second-order valence-corrected chi connectivity index (χ2v) is 10.3. The summed E-state index contributed by atoms with van der Waals surface area (Å²) in [7, 11) is 0. The van der Waals surface area contributed by atoms with Crippen molar-refractivity contribution in [2.24, 2.45) is 17.3 Å². The molecule has 2 atom stereocenters. The minimum atomic E-state index is -4.95. The number of nitrogens with zero attached hydrogens (tertiary/aromatic N) is 4. The Bertz CT molecular complexity index is 953. The first kappa shape index (κ1) is 31.7. The van der Waals surface area contributed by atoms with Gasteiger partial charge in [-0.15, -0.1) is 0 Å². The molecule has 1 aromatic heterocycles. The molecule has 0 saturated carbocycles. The Balaban J connectivity index is 0.000000327. The fraction of sp³-hybridized carbons (Fsp3) is 0.708. The van der Waals surface area contributed by atoms with Crippen molar-refractivity contribution in [3.63, 3.8) is 0 Å². The van der Waals surface area contributed by atoms with Crippen molar-refractivity contribution in [3.05, 3.63) is 11.8 Å². The van der Waals surface area contributed by atoms with Crippen LogP contribution in [0.25, 0.3) is 0 Å². The van der Waals surface area contributed by atoms with Crippen LogP contribution in [0.5, 0.6) is 5.88 Å². The molecule has 0 spiro atoms. The van der Waals surface area contributed by atoms with Gasteiger partial charge in [-0.1, -0.05) is 41.5 Å². The highest BCUT2D eigenvalue weighted by molar-refractivity contribution is 5.87. The molecule has 2 aliphatic rings. The van der Waals surface area contributed by atoms with Crippen LogP contribution in [0.15, 0.2) is 6.20 Å². The maximum absolute atomic E-state index is 11.9. The van der Waals surface area contributed by atoms with Gasteiger partial charge in [0.15, 0.2) is 0 Å². The number of nitriles is 1. The van der Waals surface area contributed by atoms with E-state index in [1.54, 1.807) is 16.2 Å². The molecule has 0 aliphatic carbocycles. The maximum Gasteiger partial charge on any atom is 0.471 e. The van der Waals surface area contributed by atoms with Crippen LogP contribution in [-0.2, 0) is 20.9 Å². The molecule has 0 aromatic carbocycles. The highest BCUT2D eigenvalue weighted by Gasteiger charge is 2.41. The molecule has 1 aromatic rings. The molecule has 0 bridgehead atoms. The van der Waals surface area contributed by atoms with E-state index in [1.165, 1.54) is 4.90 Å². The Hall–Kier alpha value is -3.30. The molecule has 2 N–H and O–H groups in total. The number of hydrogen-bond donors (Lipinski definition) is 2. The SMILES string of the molecule is CC(C)C.C[C@H]1CN(C(=O)CNC(=O)C(F)(F)F)CC1(C)C.N#CC(NC=O)c1cnn2c1OCCC2. The van der Waals surface area contributed by atoms with Crippen LogP contribution in [0, 0.1) is 28.6 Å². The van der Waals surface area contributed by atoms with Crippen molar-refractivity contribution in [1.82, 2.24) is 25.3 Å². The summed E-state index contributed by atoms with van der Waals surface area (Å²) in [5.41, 5.74) is 0.563. The van der Waals surface area contributed by atoms with Crippen LogP contribution < -0.4 is 15.4 Å². The number of aromatic nitrogens is 2. The van der Waals surface area contributed by atoms with Crippen LogP contribution in [0.1, 0.15) is 59.6 Å². The third kappa shape index (κ3) is 9.93. The van der Waals surface area contributed by atoms with Crippen LogP contribution in [-0.4, -0.2) is 65.3 Å². The molecule has 10 nitrogen and oxygen atoms in total. The smallest absolute Gasteiger partial charge is 0.471 e. The number of halogens is 3. The van der Waals surface area contributed by atoms with Gasteiger partial charge < -0.3 is 20.3 Å². The number of alkyl halides is 3. The zero-order valence-corrected chi connectivity index (χ0v) is 22.2. The summed E-state index contributed by atoms with van der Waals surface area (Å²) < 4.78 is 42.9. The van der Waals surface area contributed by atoms with E-state index in [0.717, 1.165) is 18.9 Å². The van der Waals surface area contributed by atoms with Gasteiger partial charge in [-0.25, -0.2) is 4.68 Å². The average molecular weight is 531 g/mol. The third-order valence-electron chi connectivity index (χ3n) is 5.68. The lowest BCUT2D eigenvalue weighted by atomic mass is 9.84. The standard InChI is InChI=1S/C11H17F3N2O2.C9H10N4O2.C4H10/c1-7-5-16(6-10(7,2)3)8(17)4-15-9(18)11(12,13)14;10-4-8(11-6-14)7-5-12-13-2-1-3-15-9(7)13;1-4(2)3/h7H,4-6H2,1-3H3,(H,15,18);5-6,8H,1-3H2,(H,11,14);4H,1-3H3/t7-;;/m0../s1. The Morgan fingerprint density at radius 3 is 2.46 bits per heavy atom. The first-order valence-corrected chi connectivity index (χ1v) is 12.0. The van der Waals surface area contributed by atoms with Crippen molar-refractivity contribution in [3.8, 4) is 11.9 Å². The molecule has 13 heteroatoms. The van der Waals surface area contributed by atoms with E-state index >= 15 is 0 Å². The molecule has 208 valence electrons. The lowest BCUT2D eigenvalue weighted by Crippen LogP contribution is -2.44. The second kappa shape index (κ2) is 13.9. The van der Waals surface area contributed by atoms with E-state index in [4.69, 9.17) is 10.00 Å². The summed E-state index contributed by atoms with van der Waals surface area (Å²) in [5.74, 6) is -0.866. The Kier molecular flexibility index (Phi) is 11.9. The van der Waals surface area contributed by atoms with E-state index in [9.17, 15) is 27.6 Å². The summed E-state index contributed by atoms with van der Waals surface area (Å²) >= 11 is 0. The van der Waals surface area contributed by atoms with Crippen molar-refractivity contribution >= 4 is 18.2 Å². The predicted octanol–water partition coefficient (Wildman–Crippen LogP) is 2.81. The predicted molar refractivity (Wildman–Crippen MR) is 129 cm³/mol. The van der Waals surface area contributed by atoms with Gasteiger partial charge in [-0.3, -0.25) is 14.4 Å². The van der Waals surface area contributed by atoms with Crippen molar-refractivity contribution < 1.29 is 32.3 Å². The van der Waals surface area contributed by atoms with Crippen LogP contribution in [0.3, 0.4) is 0 Å². The summed E-state index contributed by atoms with van der Waals surface area (Å²) in [4.78, 5) is 34.0. The number of carbonyl (C=O) groups excluding carboxylic acids is 3. The van der Waals surface area contributed by atoms with Gasteiger partial charge in [0.05, 0.1) is 31.0 Å². The number of carbonyl (C=O) groups is 3. The third-order valence-corrected chi connectivity index (χ3v) is 5.68. The number of ether oxygens (including phenoxy) is 1. The zero-order valence-electron chi connectivity index (χ0n) is 22.2. The van der Waals surface area contributed by atoms with Gasteiger partial charge in [-0.2, -0.15) is 23.5 Å². The van der Waals surface area contributed by atoms with Crippen molar-refractivity contribution in [1.29, 1.82) is 5.26 Å². The lowest BCUT2D eigenvalue weighted by Gasteiger charge is -2.22. The number of hydrogen-bond acceptors (Lipinski definition) is 6.